The highest BCUT2D eigenvalue weighted by Crippen LogP contribution is 2.40. The number of Topliss-reactive ketones (excluding diaryl/α,β-unsaturated/α-hetero) is 2. The number of carbonyl (C=O) groups excluding carboxylic acids is 2. The zero-order chi connectivity index (χ0) is 15.2. The summed E-state index contributed by atoms with van der Waals surface area (Å²) >= 11 is 0. The van der Waals surface area contributed by atoms with Crippen molar-refractivity contribution in [2.45, 2.75) is 26.7 Å². The highest BCUT2D eigenvalue weighted by molar-refractivity contribution is 6.17. The van der Waals surface area contributed by atoms with Gasteiger partial charge in [-0.05, 0) is 30.0 Å². The number of H-pyrrole nitrogens is 1. The predicted molar refractivity (Wildman–Crippen MR) is 80.7 cm³/mol. The van der Waals surface area contributed by atoms with Gasteiger partial charge in [0.2, 0.25) is 0 Å². The van der Waals surface area contributed by atoms with Gasteiger partial charge < -0.3 is 9.72 Å². The predicted octanol–water partition coefficient (Wildman–Crippen LogP) is 3.36. The van der Waals surface area contributed by atoms with Gasteiger partial charge in [-0.2, -0.15) is 0 Å². The van der Waals surface area contributed by atoms with Crippen LogP contribution in [0.1, 0.15) is 37.0 Å². The van der Waals surface area contributed by atoms with E-state index < -0.39 is 5.92 Å². The second kappa shape index (κ2) is 4.72. The van der Waals surface area contributed by atoms with Gasteiger partial charge in [0.05, 0.1) is 13.0 Å². The minimum Gasteiger partial charge on any atom is -0.497 e. The average molecular weight is 285 g/mol. The first-order valence-electron chi connectivity index (χ1n) is 7.13. The van der Waals surface area contributed by atoms with E-state index >= 15 is 0 Å². The van der Waals surface area contributed by atoms with Crippen LogP contribution in [0.4, 0.5) is 0 Å². The van der Waals surface area contributed by atoms with Crippen molar-refractivity contribution >= 4 is 22.5 Å². The summed E-state index contributed by atoms with van der Waals surface area (Å²) in [7, 11) is 1.60. The van der Waals surface area contributed by atoms with Crippen molar-refractivity contribution in [3.63, 3.8) is 0 Å². The number of ketones is 2. The summed E-state index contributed by atoms with van der Waals surface area (Å²) in [6.07, 6.45) is 2.81. The number of nitrogens with one attached hydrogen (secondary N) is 1. The van der Waals surface area contributed by atoms with E-state index in [2.05, 4.69) is 4.98 Å². The lowest BCUT2D eigenvalue weighted by Gasteiger charge is -2.14. The van der Waals surface area contributed by atoms with Gasteiger partial charge in [-0.3, -0.25) is 9.59 Å². The zero-order valence-corrected chi connectivity index (χ0v) is 12.5. The van der Waals surface area contributed by atoms with Crippen molar-refractivity contribution in [1.29, 1.82) is 0 Å². The largest absolute Gasteiger partial charge is 0.497 e. The number of carbonyl (C=O) groups is 2. The Morgan fingerprint density at radius 3 is 2.76 bits per heavy atom. The van der Waals surface area contributed by atoms with Crippen LogP contribution in [0.3, 0.4) is 0 Å². The van der Waals surface area contributed by atoms with Crippen molar-refractivity contribution in [3.8, 4) is 5.75 Å². The number of methoxy groups -OCH3 is 1. The van der Waals surface area contributed by atoms with Gasteiger partial charge in [-0.1, -0.05) is 13.8 Å². The highest BCUT2D eigenvalue weighted by atomic mass is 16.5. The lowest BCUT2D eigenvalue weighted by molar-refractivity contribution is -0.119. The SMILES string of the molecule is COc1ccc2[nH]cc(C(=O)C3CC(C)(C)CC3=O)c2c1. The molecule has 1 atom stereocenters. The van der Waals surface area contributed by atoms with E-state index in [1.54, 1.807) is 13.3 Å². The maximum absolute atomic E-state index is 12.7. The summed E-state index contributed by atoms with van der Waals surface area (Å²) in [4.78, 5) is 28.0. The fourth-order valence-corrected chi connectivity index (χ4v) is 3.19. The molecule has 0 radical (unpaired) electrons. The van der Waals surface area contributed by atoms with E-state index in [-0.39, 0.29) is 17.0 Å². The molecule has 4 heteroatoms. The number of hydrogen-bond donors (Lipinski definition) is 1. The molecule has 0 bridgehead atoms. The zero-order valence-electron chi connectivity index (χ0n) is 12.5. The number of hydrogen-bond acceptors (Lipinski definition) is 3. The molecule has 1 heterocycles. The first kappa shape index (κ1) is 13.9. The Morgan fingerprint density at radius 2 is 2.14 bits per heavy atom. The molecule has 1 aromatic carbocycles. The van der Waals surface area contributed by atoms with Crippen LogP contribution in [0.15, 0.2) is 24.4 Å². The number of aromatic amines is 1. The normalized spacial score (nSPS) is 20.9. The standard InChI is InChI=1S/C17H19NO3/c1-17(2)7-12(15(19)8-17)16(20)13-9-18-14-5-4-10(21-3)6-11(13)14/h4-6,9,12,18H,7-8H2,1-3H3. The Hall–Kier alpha value is -2.10. The second-order valence-corrected chi connectivity index (χ2v) is 6.54. The van der Waals surface area contributed by atoms with Crippen molar-refractivity contribution in [2.75, 3.05) is 7.11 Å². The van der Waals surface area contributed by atoms with Gasteiger partial charge >= 0.3 is 0 Å². The van der Waals surface area contributed by atoms with Crippen LogP contribution in [-0.2, 0) is 4.79 Å². The van der Waals surface area contributed by atoms with E-state index in [0.717, 1.165) is 10.9 Å². The van der Waals surface area contributed by atoms with Gasteiger partial charge in [0.1, 0.15) is 11.5 Å². The molecule has 1 unspecified atom stereocenters. The molecule has 2 aromatic rings. The number of rotatable bonds is 3. The van der Waals surface area contributed by atoms with Gasteiger partial charge in [-0.15, -0.1) is 0 Å². The number of benzene rings is 1. The molecule has 110 valence electrons. The monoisotopic (exact) mass is 285 g/mol. The Kier molecular flexibility index (Phi) is 3.12. The molecule has 3 rings (SSSR count). The fraction of sp³-hybridized carbons (Fsp3) is 0.412. The summed E-state index contributed by atoms with van der Waals surface area (Å²) in [5.74, 6) is 0.173. The Bertz CT molecular complexity index is 727. The van der Waals surface area contributed by atoms with E-state index in [4.69, 9.17) is 4.74 Å². The summed E-state index contributed by atoms with van der Waals surface area (Å²) in [6, 6.07) is 5.56. The Morgan fingerprint density at radius 1 is 1.38 bits per heavy atom. The fourth-order valence-electron chi connectivity index (χ4n) is 3.19. The van der Waals surface area contributed by atoms with Crippen LogP contribution in [-0.4, -0.2) is 23.7 Å². The molecular formula is C17H19NO3. The average Bonchev–Trinajstić information content (AvgIpc) is 2.97. The molecule has 0 amide bonds. The molecule has 1 aromatic heterocycles. The van der Waals surface area contributed by atoms with Crippen LogP contribution in [0, 0.1) is 11.3 Å². The molecule has 0 spiro atoms. The van der Waals surface area contributed by atoms with Crippen LogP contribution in [0.5, 0.6) is 5.75 Å². The number of ether oxygens (including phenoxy) is 1. The maximum atomic E-state index is 12.7. The first-order chi connectivity index (χ1) is 9.91. The quantitative estimate of drug-likeness (QED) is 0.695. The Labute approximate surface area is 123 Å². The molecule has 1 N–H and O–H groups in total. The second-order valence-electron chi connectivity index (χ2n) is 6.54. The third-order valence-electron chi connectivity index (χ3n) is 4.27. The van der Waals surface area contributed by atoms with E-state index in [0.29, 0.717) is 24.2 Å². The highest BCUT2D eigenvalue weighted by Gasteiger charge is 2.42. The van der Waals surface area contributed by atoms with Crippen LogP contribution >= 0.6 is 0 Å². The van der Waals surface area contributed by atoms with Gasteiger partial charge in [0.25, 0.3) is 0 Å². The maximum Gasteiger partial charge on any atom is 0.175 e. The molecule has 0 aliphatic heterocycles. The minimum atomic E-state index is -0.509. The molecule has 1 aliphatic rings. The third-order valence-corrected chi connectivity index (χ3v) is 4.27. The summed E-state index contributed by atoms with van der Waals surface area (Å²) in [5, 5.41) is 0.817. The van der Waals surface area contributed by atoms with Gasteiger partial charge in [0.15, 0.2) is 5.78 Å². The van der Waals surface area contributed by atoms with E-state index in [1.165, 1.54) is 0 Å². The van der Waals surface area contributed by atoms with Gasteiger partial charge in [0, 0.05) is 29.1 Å². The van der Waals surface area contributed by atoms with Crippen molar-refractivity contribution < 1.29 is 14.3 Å². The molecule has 1 aliphatic carbocycles. The van der Waals surface area contributed by atoms with E-state index in [9.17, 15) is 9.59 Å². The topological polar surface area (TPSA) is 59.2 Å². The summed E-state index contributed by atoms with van der Waals surface area (Å²) < 4.78 is 5.21. The first-order valence-corrected chi connectivity index (χ1v) is 7.13. The summed E-state index contributed by atoms with van der Waals surface area (Å²) in [6.45, 7) is 4.08. The lowest BCUT2D eigenvalue weighted by Crippen LogP contribution is -2.18. The number of fused-ring (bicyclic) bond motifs is 1. The van der Waals surface area contributed by atoms with Crippen LogP contribution < -0.4 is 4.74 Å². The van der Waals surface area contributed by atoms with Gasteiger partial charge in [-0.25, -0.2) is 0 Å². The lowest BCUT2D eigenvalue weighted by atomic mass is 9.88. The molecule has 1 saturated carbocycles. The summed E-state index contributed by atoms with van der Waals surface area (Å²) in [5.41, 5.74) is 1.38. The molecule has 4 nitrogen and oxygen atoms in total. The minimum absolute atomic E-state index is 0.0576. The molecule has 21 heavy (non-hydrogen) atoms. The van der Waals surface area contributed by atoms with Crippen molar-refractivity contribution in [2.24, 2.45) is 11.3 Å². The molecule has 1 fully saturated rings. The third kappa shape index (κ3) is 2.35. The van der Waals surface area contributed by atoms with E-state index in [1.807, 2.05) is 32.0 Å². The van der Waals surface area contributed by atoms with Crippen LogP contribution in [0.2, 0.25) is 0 Å². The molecular weight excluding hydrogens is 266 g/mol. The Balaban J connectivity index is 2.00. The van der Waals surface area contributed by atoms with Crippen molar-refractivity contribution in [3.05, 3.63) is 30.0 Å². The number of aromatic nitrogens is 1. The smallest absolute Gasteiger partial charge is 0.175 e. The molecule has 0 saturated heterocycles. The van der Waals surface area contributed by atoms with Crippen LogP contribution in [0.25, 0.3) is 10.9 Å². The van der Waals surface area contributed by atoms with Crippen molar-refractivity contribution in [1.82, 2.24) is 4.98 Å².